The molecular formula is C22H30N2O2. The highest BCUT2D eigenvalue weighted by atomic mass is 16.5. The minimum Gasteiger partial charge on any atom is -0.508 e. The van der Waals surface area contributed by atoms with Crippen molar-refractivity contribution in [2.75, 3.05) is 25.4 Å². The molecule has 0 radical (unpaired) electrons. The van der Waals surface area contributed by atoms with E-state index in [2.05, 4.69) is 36.1 Å². The molecule has 1 aliphatic rings. The van der Waals surface area contributed by atoms with E-state index in [0.717, 1.165) is 50.9 Å². The van der Waals surface area contributed by atoms with Gasteiger partial charge in [-0.1, -0.05) is 35.9 Å². The number of anilines is 1. The summed E-state index contributed by atoms with van der Waals surface area (Å²) in [6.07, 6.45) is 4.37. The molecule has 1 fully saturated rings. The van der Waals surface area contributed by atoms with Gasteiger partial charge < -0.3 is 20.5 Å². The Kier molecular flexibility index (Phi) is 6.53. The van der Waals surface area contributed by atoms with Crippen LogP contribution in [0, 0.1) is 6.92 Å². The van der Waals surface area contributed by atoms with Gasteiger partial charge in [0.05, 0.1) is 12.7 Å². The van der Waals surface area contributed by atoms with E-state index in [1.165, 1.54) is 11.1 Å². The molecule has 0 aliphatic carbocycles. The number of nitrogens with two attached hydrogens (primary N) is 1. The van der Waals surface area contributed by atoms with E-state index in [1.807, 2.05) is 6.07 Å². The predicted molar refractivity (Wildman–Crippen MR) is 106 cm³/mol. The molecular weight excluding hydrogens is 324 g/mol. The van der Waals surface area contributed by atoms with E-state index < -0.39 is 0 Å². The molecule has 0 amide bonds. The van der Waals surface area contributed by atoms with Crippen molar-refractivity contribution in [3.05, 3.63) is 59.2 Å². The number of aromatic hydroxyl groups is 1. The summed E-state index contributed by atoms with van der Waals surface area (Å²) in [5.74, 6) is 0.313. The largest absolute Gasteiger partial charge is 0.508 e. The molecule has 140 valence electrons. The number of rotatable bonds is 7. The van der Waals surface area contributed by atoms with Crippen LogP contribution in [-0.4, -0.2) is 35.7 Å². The Morgan fingerprint density at radius 3 is 2.54 bits per heavy atom. The molecule has 0 atom stereocenters. The fourth-order valence-corrected chi connectivity index (χ4v) is 3.54. The number of benzene rings is 2. The van der Waals surface area contributed by atoms with Crippen molar-refractivity contribution in [3.8, 4) is 5.75 Å². The number of hydrogen-bond donors (Lipinski definition) is 2. The smallest absolute Gasteiger partial charge is 0.120 e. The number of nitrogens with zero attached hydrogens (tertiary/aromatic N) is 1. The molecule has 0 unspecified atom stereocenters. The monoisotopic (exact) mass is 354 g/mol. The summed E-state index contributed by atoms with van der Waals surface area (Å²) in [7, 11) is 0. The molecule has 4 nitrogen and oxygen atoms in total. The Morgan fingerprint density at radius 2 is 1.85 bits per heavy atom. The van der Waals surface area contributed by atoms with Crippen molar-refractivity contribution >= 4 is 5.69 Å². The second kappa shape index (κ2) is 9.06. The maximum Gasteiger partial charge on any atom is 0.120 e. The summed E-state index contributed by atoms with van der Waals surface area (Å²) in [5.41, 5.74) is 10.1. The number of phenolic OH excluding ortho intramolecular Hbond substituents is 1. The van der Waals surface area contributed by atoms with E-state index in [-0.39, 0.29) is 0 Å². The van der Waals surface area contributed by atoms with Gasteiger partial charge in [0.15, 0.2) is 0 Å². The highest BCUT2D eigenvalue weighted by Gasteiger charge is 2.19. The molecule has 2 aromatic carbocycles. The maximum atomic E-state index is 9.92. The lowest BCUT2D eigenvalue weighted by Gasteiger charge is -2.32. The van der Waals surface area contributed by atoms with Crippen LogP contribution in [0.1, 0.15) is 36.0 Å². The van der Waals surface area contributed by atoms with Gasteiger partial charge in [-0.15, -0.1) is 0 Å². The molecule has 26 heavy (non-hydrogen) atoms. The quantitative estimate of drug-likeness (QED) is 0.741. The first kappa shape index (κ1) is 18.7. The van der Waals surface area contributed by atoms with Crippen molar-refractivity contribution in [3.63, 3.8) is 0 Å². The second-order valence-electron chi connectivity index (χ2n) is 7.29. The Balaban J connectivity index is 1.35. The van der Waals surface area contributed by atoms with Crippen LogP contribution < -0.4 is 5.73 Å². The number of nitrogen functional groups attached to an aromatic ring is 1. The average Bonchev–Trinajstić information content (AvgIpc) is 2.65. The van der Waals surface area contributed by atoms with E-state index in [1.54, 1.807) is 12.1 Å². The minimum absolute atomic E-state index is 0.313. The summed E-state index contributed by atoms with van der Waals surface area (Å²) in [5, 5.41) is 9.92. The summed E-state index contributed by atoms with van der Waals surface area (Å²) in [4.78, 5) is 2.49. The zero-order valence-corrected chi connectivity index (χ0v) is 15.7. The van der Waals surface area contributed by atoms with Crippen molar-refractivity contribution in [1.82, 2.24) is 4.90 Å². The van der Waals surface area contributed by atoms with Gasteiger partial charge >= 0.3 is 0 Å². The van der Waals surface area contributed by atoms with Gasteiger partial charge in [0.2, 0.25) is 0 Å². The number of hydrogen-bond acceptors (Lipinski definition) is 4. The van der Waals surface area contributed by atoms with Crippen LogP contribution >= 0.6 is 0 Å². The summed E-state index contributed by atoms with van der Waals surface area (Å²) in [6.45, 7) is 6.01. The first-order valence-electron chi connectivity index (χ1n) is 9.57. The van der Waals surface area contributed by atoms with Gasteiger partial charge in [-0.25, -0.2) is 0 Å². The Bertz CT molecular complexity index is 672. The average molecular weight is 354 g/mol. The first-order valence-corrected chi connectivity index (χ1v) is 9.57. The van der Waals surface area contributed by atoms with Crippen LogP contribution in [0.4, 0.5) is 5.69 Å². The molecule has 2 aromatic rings. The zero-order chi connectivity index (χ0) is 18.4. The predicted octanol–water partition coefficient (Wildman–Crippen LogP) is 3.90. The molecule has 3 rings (SSSR count). The summed E-state index contributed by atoms with van der Waals surface area (Å²) in [6, 6.07) is 13.9. The molecule has 1 aliphatic heterocycles. The highest BCUT2D eigenvalue weighted by molar-refractivity contribution is 5.53. The van der Waals surface area contributed by atoms with Crippen LogP contribution in [-0.2, 0) is 17.8 Å². The molecule has 0 aromatic heterocycles. The number of aryl methyl sites for hydroxylation is 1. The highest BCUT2D eigenvalue weighted by Crippen LogP contribution is 2.24. The number of ether oxygens (including phenoxy) is 1. The fourth-order valence-electron chi connectivity index (χ4n) is 3.54. The van der Waals surface area contributed by atoms with Crippen LogP contribution in [0.15, 0.2) is 42.5 Å². The van der Waals surface area contributed by atoms with Crippen LogP contribution in [0.5, 0.6) is 5.75 Å². The number of likely N-dealkylation sites (tertiary alicyclic amines) is 1. The van der Waals surface area contributed by atoms with Gasteiger partial charge in [0, 0.05) is 24.3 Å². The lowest BCUT2D eigenvalue weighted by atomic mass is 10.0. The van der Waals surface area contributed by atoms with Crippen molar-refractivity contribution < 1.29 is 9.84 Å². The normalized spacial score (nSPS) is 16.0. The molecule has 0 bridgehead atoms. The van der Waals surface area contributed by atoms with Gasteiger partial charge in [0.25, 0.3) is 0 Å². The minimum atomic E-state index is 0.313. The van der Waals surface area contributed by atoms with Crippen molar-refractivity contribution in [1.29, 1.82) is 0 Å². The lowest BCUT2D eigenvalue weighted by Crippen LogP contribution is -2.37. The van der Waals surface area contributed by atoms with Crippen molar-refractivity contribution in [2.45, 2.75) is 45.3 Å². The third-order valence-electron chi connectivity index (χ3n) is 5.23. The Labute approximate surface area is 156 Å². The standard InChI is InChI=1S/C22H30N2O2/c1-17-7-9-18(10-8-17)16-26-19-11-14-24(15-12-19)13-3-4-20-21(23)5-2-6-22(20)25/h2,5-10,19,25H,3-4,11-16,23H2,1H3. The third kappa shape index (κ3) is 5.23. The van der Waals surface area contributed by atoms with Gasteiger partial charge in [-0.05, 0) is 56.8 Å². The Morgan fingerprint density at radius 1 is 1.12 bits per heavy atom. The molecule has 0 saturated carbocycles. The molecule has 1 heterocycles. The number of phenols is 1. The van der Waals surface area contributed by atoms with Gasteiger partial charge in [0.1, 0.15) is 5.75 Å². The number of piperidine rings is 1. The topological polar surface area (TPSA) is 58.7 Å². The second-order valence-corrected chi connectivity index (χ2v) is 7.29. The lowest BCUT2D eigenvalue weighted by molar-refractivity contribution is -0.00254. The molecule has 4 heteroatoms. The maximum absolute atomic E-state index is 9.92. The van der Waals surface area contributed by atoms with E-state index in [0.29, 0.717) is 24.1 Å². The van der Waals surface area contributed by atoms with Crippen molar-refractivity contribution in [2.24, 2.45) is 0 Å². The van der Waals surface area contributed by atoms with Crippen LogP contribution in [0.2, 0.25) is 0 Å². The van der Waals surface area contributed by atoms with E-state index >= 15 is 0 Å². The van der Waals surface area contributed by atoms with E-state index in [4.69, 9.17) is 10.5 Å². The summed E-state index contributed by atoms with van der Waals surface area (Å²) < 4.78 is 6.09. The molecule has 1 saturated heterocycles. The van der Waals surface area contributed by atoms with Gasteiger partial charge in [-0.2, -0.15) is 0 Å². The third-order valence-corrected chi connectivity index (χ3v) is 5.23. The SMILES string of the molecule is Cc1ccc(COC2CCN(CCCc3c(N)cccc3O)CC2)cc1. The summed E-state index contributed by atoms with van der Waals surface area (Å²) >= 11 is 0. The Hall–Kier alpha value is -2.04. The van der Waals surface area contributed by atoms with Crippen LogP contribution in [0.25, 0.3) is 0 Å². The van der Waals surface area contributed by atoms with E-state index in [9.17, 15) is 5.11 Å². The fraction of sp³-hybridized carbons (Fsp3) is 0.455. The van der Waals surface area contributed by atoms with Crippen LogP contribution in [0.3, 0.4) is 0 Å². The zero-order valence-electron chi connectivity index (χ0n) is 15.7. The molecule has 0 spiro atoms. The first-order chi connectivity index (χ1) is 12.6. The van der Waals surface area contributed by atoms with Gasteiger partial charge in [-0.3, -0.25) is 0 Å². The molecule has 3 N–H and O–H groups in total.